The maximum absolute atomic E-state index is 14.1. The minimum absolute atomic E-state index is 0.147. The van der Waals surface area contributed by atoms with Crippen LogP contribution in [0.3, 0.4) is 0 Å². The molecule has 3 rings (SSSR count). The largest absolute Gasteiger partial charge is 0.297 e. The first-order valence-electron chi connectivity index (χ1n) is 7.00. The highest BCUT2D eigenvalue weighted by molar-refractivity contribution is 6.02. The van der Waals surface area contributed by atoms with Gasteiger partial charge in [-0.1, -0.05) is 18.2 Å². The summed E-state index contributed by atoms with van der Waals surface area (Å²) in [4.78, 5) is 23.9. The van der Waals surface area contributed by atoms with Crippen LogP contribution in [0.25, 0.3) is 0 Å². The molecular formula is C15H15F3N2O2. The summed E-state index contributed by atoms with van der Waals surface area (Å²) in [7, 11) is 0. The fourth-order valence-electron chi connectivity index (χ4n) is 3.01. The number of nitrogens with zero attached hydrogens (tertiary/aromatic N) is 2. The standard InChI is InChI=1S/C15H15F3N2O2/c1-9-3-2-4-10(14(9)16)7-19-13(22)5-12(21)11-6-15(17,18)8-20(11)19/h2-4,11H,5-8H2,1H3/t11-/m0/s1. The first-order valence-corrected chi connectivity index (χ1v) is 7.00. The molecule has 2 saturated heterocycles. The van der Waals surface area contributed by atoms with Crippen molar-refractivity contribution in [3.63, 3.8) is 0 Å². The number of amides is 1. The van der Waals surface area contributed by atoms with Gasteiger partial charge in [0.2, 0.25) is 5.91 Å². The first-order chi connectivity index (χ1) is 10.3. The van der Waals surface area contributed by atoms with Crippen LogP contribution in [0.1, 0.15) is 24.0 Å². The predicted molar refractivity (Wildman–Crippen MR) is 71.4 cm³/mol. The third-order valence-corrected chi connectivity index (χ3v) is 4.13. The average Bonchev–Trinajstić information content (AvgIpc) is 2.75. The summed E-state index contributed by atoms with van der Waals surface area (Å²) < 4.78 is 41.3. The Morgan fingerprint density at radius 2 is 2.05 bits per heavy atom. The maximum Gasteiger partial charge on any atom is 0.264 e. The number of hydrazine groups is 1. The summed E-state index contributed by atoms with van der Waals surface area (Å²) >= 11 is 0. The Morgan fingerprint density at radius 3 is 2.77 bits per heavy atom. The highest BCUT2D eigenvalue weighted by Crippen LogP contribution is 2.37. The molecule has 7 heteroatoms. The van der Waals surface area contributed by atoms with E-state index in [0.29, 0.717) is 5.56 Å². The molecule has 4 nitrogen and oxygen atoms in total. The molecular weight excluding hydrogens is 297 g/mol. The van der Waals surface area contributed by atoms with Crippen LogP contribution in [-0.2, 0) is 16.1 Å². The Balaban J connectivity index is 1.90. The van der Waals surface area contributed by atoms with E-state index in [-0.39, 0.29) is 12.1 Å². The lowest BCUT2D eigenvalue weighted by atomic mass is 10.0. The summed E-state index contributed by atoms with van der Waals surface area (Å²) in [5.41, 5.74) is 0.665. The number of aryl methyl sites for hydroxylation is 1. The van der Waals surface area contributed by atoms with Crippen molar-refractivity contribution in [2.24, 2.45) is 0 Å². The van der Waals surface area contributed by atoms with E-state index in [0.717, 1.165) is 10.0 Å². The molecule has 1 aromatic carbocycles. The van der Waals surface area contributed by atoms with Crippen molar-refractivity contribution in [3.05, 3.63) is 35.1 Å². The molecule has 0 N–H and O–H groups in total. The second-order valence-corrected chi connectivity index (χ2v) is 5.82. The quantitative estimate of drug-likeness (QED) is 0.785. The third kappa shape index (κ3) is 2.49. The van der Waals surface area contributed by atoms with Gasteiger partial charge in [-0.05, 0) is 12.5 Å². The second kappa shape index (κ2) is 5.08. The lowest BCUT2D eigenvalue weighted by molar-refractivity contribution is -0.167. The number of benzene rings is 1. The van der Waals surface area contributed by atoms with Gasteiger partial charge in [-0.25, -0.2) is 18.2 Å². The van der Waals surface area contributed by atoms with Gasteiger partial charge in [0.05, 0.1) is 25.6 Å². The van der Waals surface area contributed by atoms with E-state index < -0.39 is 48.9 Å². The van der Waals surface area contributed by atoms with E-state index in [1.165, 1.54) is 6.07 Å². The molecule has 1 amide bonds. The Morgan fingerprint density at radius 1 is 1.32 bits per heavy atom. The van der Waals surface area contributed by atoms with Crippen molar-refractivity contribution in [1.82, 2.24) is 10.0 Å². The van der Waals surface area contributed by atoms with Crippen LogP contribution in [0.2, 0.25) is 0 Å². The topological polar surface area (TPSA) is 40.6 Å². The summed E-state index contributed by atoms with van der Waals surface area (Å²) in [6.07, 6.45) is -1.00. The second-order valence-electron chi connectivity index (χ2n) is 5.82. The molecule has 0 spiro atoms. The normalized spacial score (nSPS) is 24.7. The summed E-state index contributed by atoms with van der Waals surface area (Å²) in [6, 6.07) is 3.74. The van der Waals surface area contributed by atoms with Gasteiger partial charge in [0.15, 0.2) is 5.78 Å². The number of alkyl halides is 2. The molecule has 118 valence electrons. The molecule has 22 heavy (non-hydrogen) atoms. The van der Waals surface area contributed by atoms with Crippen LogP contribution in [0.15, 0.2) is 18.2 Å². The van der Waals surface area contributed by atoms with Crippen LogP contribution in [0.4, 0.5) is 13.2 Å². The molecule has 2 fully saturated rings. The predicted octanol–water partition coefficient (Wildman–Crippen LogP) is 2.06. The van der Waals surface area contributed by atoms with Crippen LogP contribution in [0.5, 0.6) is 0 Å². The van der Waals surface area contributed by atoms with E-state index >= 15 is 0 Å². The van der Waals surface area contributed by atoms with Crippen molar-refractivity contribution >= 4 is 11.7 Å². The van der Waals surface area contributed by atoms with E-state index in [9.17, 15) is 22.8 Å². The Bertz CT molecular complexity index is 648. The van der Waals surface area contributed by atoms with Crippen molar-refractivity contribution in [2.45, 2.75) is 38.3 Å². The van der Waals surface area contributed by atoms with Gasteiger partial charge < -0.3 is 0 Å². The highest BCUT2D eigenvalue weighted by atomic mass is 19.3. The Labute approximate surface area is 125 Å². The molecule has 0 bridgehead atoms. The maximum atomic E-state index is 14.1. The van der Waals surface area contributed by atoms with E-state index in [2.05, 4.69) is 0 Å². The van der Waals surface area contributed by atoms with Crippen LogP contribution < -0.4 is 0 Å². The zero-order valence-electron chi connectivity index (χ0n) is 12.0. The molecule has 1 atom stereocenters. The Hall–Kier alpha value is -1.89. The van der Waals surface area contributed by atoms with Gasteiger partial charge in [0.25, 0.3) is 5.92 Å². The number of carbonyl (C=O) groups excluding carboxylic acids is 2. The van der Waals surface area contributed by atoms with Gasteiger partial charge in [0, 0.05) is 12.0 Å². The van der Waals surface area contributed by atoms with Crippen molar-refractivity contribution < 1.29 is 22.8 Å². The van der Waals surface area contributed by atoms with Crippen LogP contribution >= 0.6 is 0 Å². The number of carbonyl (C=O) groups is 2. The molecule has 0 radical (unpaired) electrons. The summed E-state index contributed by atoms with van der Waals surface area (Å²) in [5.74, 6) is -4.55. The fourth-order valence-corrected chi connectivity index (χ4v) is 3.01. The summed E-state index contributed by atoms with van der Waals surface area (Å²) in [6.45, 7) is 0.752. The number of hydrogen-bond acceptors (Lipinski definition) is 3. The fraction of sp³-hybridized carbons (Fsp3) is 0.467. The lowest BCUT2D eigenvalue weighted by Crippen LogP contribution is -2.56. The van der Waals surface area contributed by atoms with Crippen LogP contribution in [-0.4, -0.2) is 40.2 Å². The average molecular weight is 312 g/mol. The molecule has 0 aromatic heterocycles. The highest BCUT2D eigenvalue weighted by Gasteiger charge is 2.53. The SMILES string of the molecule is Cc1cccc(CN2C(=O)CC(=O)[C@@H]3CC(F)(F)CN32)c1F. The smallest absolute Gasteiger partial charge is 0.264 e. The van der Waals surface area contributed by atoms with Gasteiger partial charge >= 0.3 is 0 Å². The molecule has 2 heterocycles. The van der Waals surface area contributed by atoms with Gasteiger partial charge in [0.1, 0.15) is 5.82 Å². The molecule has 2 aliphatic heterocycles. The number of ketones is 1. The van der Waals surface area contributed by atoms with Gasteiger partial charge in [-0.2, -0.15) is 0 Å². The number of halogens is 3. The number of rotatable bonds is 2. The van der Waals surface area contributed by atoms with Crippen LogP contribution in [0, 0.1) is 12.7 Å². The molecule has 0 unspecified atom stereocenters. The number of hydrogen-bond donors (Lipinski definition) is 0. The van der Waals surface area contributed by atoms with E-state index in [4.69, 9.17) is 0 Å². The molecule has 1 aromatic rings. The van der Waals surface area contributed by atoms with Gasteiger partial charge in [-0.15, -0.1) is 0 Å². The number of fused-ring (bicyclic) bond motifs is 1. The van der Waals surface area contributed by atoms with E-state index in [1.54, 1.807) is 19.1 Å². The Kier molecular flexibility index (Phi) is 3.47. The summed E-state index contributed by atoms with van der Waals surface area (Å²) in [5, 5.41) is 2.18. The van der Waals surface area contributed by atoms with Crippen molar-refractivity contribution in [2.75, 3.05) is 6.54 Å². The van der Waals surface area contributed by atoms with Gasteiger partial charge in [-0.3, -0.25) is 14.6 Å². The lowest BCUT2D eigenvalue weighted by Gasteiger charge is -2.38. The minimum Gasteiger partial charge on any atom is -0.297 e. The zero-order chi connectivity index (χ0) is 16.1. The van der Waals surface area contributed by atoms with Crippen molar-refractivity contribution in [1.29, 1.82) is 0 Å². The molecule has 0 aliphatic carbocycles. The first kappa shape index (κ1) is 15.0. The zero-order valence-corrected chi connectivity index (χ0v) is 12.0. The number of Topliss-reactive ketones (excluding diaryl/α,β-unsaturated/α-hetero) is 1. The monoisotopic (exact) mass is 312 g/mol. The minimum atomic E-state index is -3.02. The van der Waals surface area contributed by atoms with Crippen molar-refractivity contribution in [3.8, 4) is 0 Å². The molecule has 0 saturated carbocycles. The van der Waals surface area contributed by atoms with E-state index in [1.807, 2.05) is 0 Å². The third-order valence-electron chi connectivity index (χ3n) is 4.13. The molecule has 2 aliphatic rings.